The van der Waals surface area contributed by atoms with Crippen molar-refractivity contribution in [1.82, 2.24) is 10.3 Å². The summed E-state index contributed by atoms with van der Waals surface area (Å²) in [4.78, 5) is 4.38. The summed E-state index contributed by atoms with van der Waals surface area (Å²) in [5.41, 5.74) is 1.88. The fourth-order valence-electron chi connectivity index (χ4n) is 1.72. The molecule has 2 N–H and O–H groups in total. The number of hydrogen-bond donors (Lipinski definition) is 2. The van der Waals surface area contributed by atoms with Crippen LogP contribution in [0.25, 0.3) is 0 Å². The Morgan fingerprint density at radius 1 is 1.54 bits per heavy atom. The van der Waals surface area contributed by atoms with Crippen LogP contribution in [0.5, 0.6) is 0 Å². The molecule has 0 aromatic carbocycles. The maximum absolute atomic E-state index is 8.93. The van der Waals surface area contributed by atoms with E-state index in [0.29, 0.717) is 5.92 Å². The Bertz CT molecular complexity index is 282. The van der Waals surface area contributed by atoms with E-state index in [2.05, 4.69) is 10.3 Å². The van der Waals surface area contributed by atoms with Gasteiger partial charge in [-0.2, -0.15) is 0 Å². The van der Waals surface area contributed by atoms with Crippen LogP contribution in [0, 0.1) is 0 Å². The van der Waals surface area contributed by atoms with Crippen molar-refractivity contribution in [2.24, 2.45) is 0 Å². The van der Waals surface area contributed by atoms with Gasteiger partial charge in [-0.1, -0.05) is 6.07 Å². The maximum Gasteiger partial charge on any atom is 0.0853 e. The summed E-state index contributed by atoms with van der Waals surface area (Å²) in [6, 6.07) is 5.86. The van der Waals surface area contributed by atoms with Gasteiger partial charge in [-0.15, -0.1) is 0 Å². The number of aromatic nitrogens is 1. The molecule has 0 spiro atoms. The predicted molar refractivity (Wildman–Crippen MR) is 50.4 cm³/mol. The Kier molecular flexibility index (Phi) is 2.57. The molecular formula is C10H14N2O. The SMILES string of the molecule is OCc1cccc(C2CCNC2)n1. The first-order valence-corrected chi connectivity index (χ1v) is 4.67. The quantitative estimate of drug-likeness (QED) is 0.699. The average molecular weight is 178 g/mol. The van der Waals surface area contributed by atoms with E-state index in [0.717, 1.165) is 30.9 Å². The van der Waals surface area contributed by atoms with Crippen LogP contribution in [0.1, 0.15) is 23.7 Å². The Balaban J connectivity index is 2.18. The lowest BCUT2D eigenvalue weighted by atomic mass is 10.0. The van der Waals surface area contributed by atoms with Crippen molar-refractivity contribution in [1.29, 1.82) is 0 Å². The van der Waals surface area contributed by atoms with Crippen LogP contribution in [0.15, 0.2) is 18.2 Å². The second-order valence-electron chi connectivity index (χ2n) is 3.40. The molecule has 1 aliphatic rings. The number of nitrogens with one attached hydrogen (secondary N) is 1. The van der Waals surface area contributed by atoms with Gasteiger partial charge in [0.15, 0.2) is 0 Å². The van der Waals surface area contributed by atoms with E-state index in [1.54, 1.807) is 0 Å². The van der Waals surface area contributed by atoms with Crippen molar-refractivity contribution in [3.63, 3.8) is 0 Å². The third-order valence-electron chi connectivity index (χ3n) is 2.47. The van der Waals surface area contributed by atoms with Gasteiger partial charge in [0.05, 0.1) is 12.3 Å². The van der Waals surface area contributed by atoms with Gasteiger partial charge >= 0.3 is 0 Å². The first-order chi connectivity index (χ1) is 6.40. The van der Waals surface area contributed by atoms with Crippen molar-refractivity contribution < 1.29 is 5.11 Å². The highest BCUT2D eigenvalue weighted by Gasteiger charge is 2.17. The highest BCUT2D eigenvalue weighted by atomic mass is 16.3. The summed E-state index contributed by atoms with van der Waals surface area (Å²) < 4.78 is 0. The molecule has 2 heterocycles. The van der Waals surface area contributed by atoms with E-state index < -0.39 is 0 Å². The molecule has 0 saturated carbocycles. The highest BCUT2D eigenvalue weighted by Crippen LogP contribution is 2.20. The Morgan fingerprint density at radius 2 is 2.46 bits per heavy atom. The van der Waals surface area contributed by atoms with Gasteiger partial charge in [0.2, 0.25) is 0 Å². The molecule has 0 bridgehead atoms. The summed E-state index contributed by atoms with van der Waals surface area (Å²) in [6.07, 6.45) is 1.15. The van der Waals surface area contributed by atoms with Crippen molar-refractivity contribution in [2.75, 3.05) is 13.1 Å². The molecule has 1 aliphatic heterocycles. The molecule has 70 valence electrons. The van der Waals surface area contributed by atoms with Gasteiger partial charge in [0, 0.05) is 18.2 Å². The van der Waals surface area contributed by atoms with E-state index in [-0.39, 0.29) is 6.61 Å². The monoisotopic (exact) mass is 178 g/mol. The van der Waals surface area contributed by atoms with Crippen molar-refractivity contribution in [3.05, 3.63) is 29.6 Å². The Morgan fingerprint density at radius 3 is 3.15 bits per heavy atom. The van der Waals surface area contributed by atoms with E-state index >= 15 is 0 Å². The molecule has 3 nitrogen and oxygen atoms in total. The molecule has 1 unspecified atom stereocenters. The third-order valence-corrected chi connectivity index (χ3v) is 2.47. The predicted octanol–water partition coefficient (Wildman–Crippen LogP) is 0.651. The Hall–Kier alpha value is -0.930. The van der Waals surface area contributed by atoms with Gasteiger partial charge in [-0.25, -0.2) is 0 Å². The minimum absolute atomic E-state index is 0.0357. The molecule has 1 atom stereocenters. The highest BCUT2D eigenvalue weighted by molar-refractivity contribution is 5.15. The second-order valence-corrected chi connectivity index (χ2v) is 3.40. The van der Waals surface area contributed by atoms with Crippen LogP contribution >= 0.6 is 0 Å². The fraction of sp³-hybridized carbons (Fsp3) is 0.500. The molecule has 1 aromatic rings. The molecule has 0 aliphatic carbocycles. The van der Waals surface area contributed by atoms with Gasteiger partial charge in [-0.05, 0) is 25.1 Å². The van der Waals surface area contributed by atoms with Crippen LogP contribution in [-0.2, 0) is 6.61 Å². The van der Waals surface area contributed by atoms with E-state index in [4.69, 9.17) is 5.11 Å². The van der Waals surface area contributed by atoms with Crippen LogP contribution in [0.4, 0.5) is 0 Å². The smallest absolute Gasteiger partial charge is 0.0853 e. The molecule has 1 fully saturated rings. The van der Waals surface area contributed by atoms with Crippen LogP contribution in [0.3, 0.4) is 0 Å². The second kappa shape index (κ2) is 3.85. The fourth-order valence-corrected chi connectivity index (χ4v) is 1.72. The normalized spacial score (nSPS) is 22.1. The molecule has 0 amide bonds. The summed E-state index contributed by atoms with van der Waals surface area (Å²) in [5, 5.41) is 12.2. The third kappa shape index (κ3) is 1.87. The van der Waals surface area contributed by atoms with Crippen LogP contribution < -0.4 is 5.32 Å². The number of aliphatic hydroxyl groups is 1. The van der Waals surface area contributed by atoms with Gasteiger partial charge in [0.25, 0.3) is 0 Å². The topological polar surface area (TPSA) is 45.1 Å². The molecule has 3 heteroatoms. The first kappa shape index (κ1) is 8.66. The zero-order chi connectivity index (χ0) is 9.10. The summed E-state index contributed by atoms with van der Waals surface area (Å²) in [7, 11) is 0. The maximum atomic E-state index is 8.93. The number of hydrogen-bond acceptors (Lipinski definition) is 3. The molecule has 0 radical (unpaired) electrons. The van der Waals surface area contributed by atoms with Gasteiger partial charge < -0.3 is 10.4 Å². The van der Waals surface area contributed by atoms with Crippen molar-refractivity contribution in [2.45, 2.75) is 18.9 Å². The average Bonchev–Trinajstić information content (AvgIpc) is 2.71. The molecule has 1 aromatic heterocycles. The van der Waals surface area contributed by atoms with E-state index in [1.807, 2.05) is 18.2 Å². The van der Waals surface area contributed by atoms with Gasteiger partial charge in [-0.3, -0.25) is 4.98 Å². The Labute approximate surface area is 77.8 Å². The molecular weight excluding hydrogens is 164 g/mol. The number of pyridine rings is 1. The molecule has 13 heavy (non-hydrogen) atoms. The summed E-state index contributed by atoms with van der Waals surface area (Å²) >= 11 is 0. The standard InChI is InChI=1S/C10H14N2O/c13-7-9-2-1-3-10(12-9)8-4-5-11-6-8/h1-3,8,11,13H,4-7H2. The lowest BCUT2D eigenvalue weighted by Crippen LogP contribution is -2.09. The number of rotatable bonds is 2. The number of aliphatic hydroxyl groups excluding tert-OH is 1. The summed E-state index contributed by atoms with van der Waals surface area (Å²) in [6.45, 7) is 2.13. The van der Waals surface area contributed by atoms with E-state index in [1.165, 1.54) is 0 Å². The summed E-state index contributed by atoms with van der Waals surface area (Å²) in [5.74, 6) is 0.534. The zero-order valence-corrected chi connectivity index (χ0v) is 7.53. The van der Waals surface area contributed by atoms with Crippen LogP contribution in [0.2, 0.25) is 0 Å². The lowest BCUT2D eigenvalue weighted by Gasteiger charge is -2.08. The zero-order valence-electron chi connectivity index (χ0n) is 7.53. The molecule has 1 saturated heterocycles. The first-order valence-electron chi connectivity index (χ1n) is 4.67. The van der Waals surface area contributed by atoms with E-state index in [9.17, 15) is 0 Å². The largest absolute Gasteiger partial charge is 0.390 e. The lowest BCUT2D eigenvalue weighted by molar-refractivity contribution is 0.276. The molecule has 2 rings (SSSR count). The van der Waals surface area contributed by atoms with Gasteiger partial charge in [0.1, 0.15) is 0 Å². The van der Waals surface area contributed by atoms with Crippen LogP contribution in [-0.4, -0.2) is 23.2 Å². The van der Waals surface area contributed by atoms with Crippen molar-refractivity contribution >= 4 is 0 Å². The number of nitrogens with zero attached hydrogens (tertiary/aromatic N) is 1. The minimum Gasteiger partial charge on any atom is -0.390 e. The minimum atomic E-state index is 0.0357. The van der Waals surface area contributed by atoms with Crippen molar-refractivity contribution in [3.8, 4) is 0 Å².